The zero-order valence-corrected chi connectivity index (χ0v) is 22.4. The molecular formula is C29H48Cl2O. The van der Waals surface area contributed by atoms with Gasteiger partial charge in [-0.15, -0.1) is 0 Å². The van der Waals surface area contributed by atoms with Crippen molar-refractivity contribution >= 4 is 29.0 Å². The summed E-state index contributed by atoms with van der Waals surface area (Å²) in [5, 5.41) is 0. The Morgan fingerprint density at radius 3 is 1.72 bits per heavy atom. The normalized spacial score (nSPS) is 41.7. The number of unbranched alkanes of at least 4 members (excludes halogenated alkanes) is 3. The van der Waals surface area contributed by atoms with Crippen LogP contribution >= 0.6 is 23.2 Å². The molecule has 4 fully saturated rings. The first-order valence-electron chi connectivity index (χ1n) is 14.3. The fraction of sp³-hybridized carbons (Fsp3) is 0.966. The molecule has 0 unspecified atom stereocenters. The number of alkyl halides is 2. The van der Waals surface area contributed by atoms with Gasteiger partial charge in [-0.2, -0.15) is 0 Å². The van der Waals surface area contributed by atoms with E-state index >= 15 is 0 Å². The molecule has 32 heavy (non-hydrogen) atoms. The Bertz CT molecular complexity index is 617. The summed E-state index contributed by atoms with van der Waals surface area (Å²) >= 11 is 14.4. The first kappa shape index (κ1) is 25.3. The molecule has 0 aromatic heterocycles. The summed E-state index contributed by atoms with van der Waals surface area (Å²) in [6.45, 7) is 4.59. The van der Waals surface area contributed by atoms with Crippen LogP contribution in [-0.2, 0) is 4.79 Å². The maximum atomic E-state index is 13.8. The molecule has 1 nitrogen and oxygen atoms in total. The summed E-state index contributed by atoms with van der Waals surface area (Å²) in [6.07, 6.45) is 23.5. The van der Waals surface area contributed by atoms with Crippen LogP contribution in [-0.4, -0.2) is 10.1 Å². The van der Waals surface area contributed by atoms with Crippen molar-refractivity contribution < 1.29 is 4.79 Å². The zero-order valence-electron chi connectivity index (χ0n) is 20.9. The number of carbonyl (C=O) groups excluding carboxylic acids is 1. The summed E-state index contributed by atoms with van der Waals surface area (Å²) in [6, 6.07) is 0. The first-order chi connectivity index (χ1) is 15.4. The number of ketones is 1. The predicted octanol–water partition coefficient (Wildman–Crippen LogP) is 9.67. The van der Waals surface area contributed by atoms with Crippen molar-refractivity contribution in [3.05, 3.63) is 0 Å². The summed E-state index contributed by atoms with van der Waals surface area (Å²) in [7, 11) is 0. The van der Waals surface area contributed by atoms with Crippen LogP contribution in [0.1, 0.15) is 136 Å². The molecular weight excluding hydrogens is 435 g/mol. The molecule has 0 bridgehead atoms. The summed E-state index contributed by atoms with van der Waals surface area (Å²) in [4.78, 5) is 13.8. The Balaban J connectivity index is 1.29. The molecule has 0 heterocycles. The van der Waals surface area contributed by atoms with Crippen LogP contribution in [0, 0.1) is 34.5 Å². The monoisotopic (exact) mass is 482 g/mol. The summed E-state index contributed by atoms with van der Waals surface area (Å²) in [5.41, 5.74) is -0.860. The van der Waals surface area contributed by atoms with E-state index in [4.69, 9.17) is 23.2 Å². The van der Waals surface area contributed by atoms with Gasteiger partial charge in [0.2, 0.25) is 0 Å². The van der Waals surface area contributed by atoms with Crippen LogP contribution in [0.2, 0.25) is 0 Å². The number of Topliss-reactive ketones (excluding diaryl/α,β-unsaturated/α-hetero) is 1. The van der Waals surface area contributed by atoms with Gasteiger partial charge in [0, 0.05) is 0 Å². The third-order valence-electron chi connectivity index (χ3n) is 10.6. The fourth-order valence-corrected chi connectivity index (χ4v) is 9.60. The SMILES string of the molecule is CCCCCCC1CCC2(CC1)C(=O)C1(CCC(C3CCC(CCC)CC3)CC1)C2(Cl)Cl. The van der Waals surface area contributed by atoms with Gasteiger partial charge in [0.15, 0.2) is 5.78 Å². The second-order valence-electron chi connectivity index (χ2n) is 12.3. The second kappa shape index (κ2) is 10.5. The molecule has 0 aromatic carbocycles. The van der Waals surface area contributed by atoms with Gasteiger partial charge in [0.05, 0.1) is 10.8 Å². The predicted molar refractivity (Wildman–Crippen MR) is 137 cm³/mol. The average molecular weight is 484 g/mol. The third-order valence-corrected chi connectivity index (χ3v) is 12.1. The molecule has 0 radical (unpaired) electrons. The van der Waals surface area contributed by atoms with E-state index in [1.165, 1.54) is 83.5 Å². The Morgan fingerprint density at radius 1 is 0.656 bits per heavy atom. The van der Waals surface area contributed by atoms with Gasteiger partial charge < -0.3 is 0 Å². The Kier molecular flexibility index (Phi) is 8.30. The van der Waals surface area contributed by atoms with Crippen LogP contribution in [0.15, 0.2) is 0 Å². The number of carbonyl (C=O) groups is 1. The van der Waals surface area contributed by atoms with Crippen molar-refractivity contribution in [2.45, 2.75) is 140 Å². The Morgan fingerprint density at radius 2 is 1.19 bits per heavy atom. The van der Waals surface area contributed by atoms with E-state index in [-0.39, 0.29) is 0 Å². The van der Waals surface area contributed by atoms with E-state index < -0.39 is 15.2 Å². The number of hydrogen-bond acceptors (Lipinski definition) is 1. The van der Waals surface area contributed by atoms with Gasteiger partial charge in [0.25, 0.3) is 0 Å². The highest BCUT2D eigenvalue weighted by atomic mass is 35.5. The quantitative estimate of drug-likeness (QED) is 0.248. The second-order valence-corrected chi connectivity index (χ2v) is 13.6. The molecule has 0 aromatic rings. The van der Waals surface area contributed by atoms with Crippen molar-refractivity contribution in [3.63, 3.8) is 0 Å². The Labute approximate surface area is 208 Å². The van der Waals surface area contributed by atoms with Gasteiger partial charge in [-0.3, -0.25) is 4.79 Å². The molecule has 0 aliphatic heterocycles. The maximum Gasteiger partial charge on any atom is 0.151 e. The fourth-order valence-electron chi connectivity index (χ4n) is 8.50. The van der Waals surface area contributed by atoms with Crippen LogP contribution in [0.4, 0.5) is 0 Å². The third kappa shape index (κ3) is 4.34. The highest BCUT2D eigenvalue weighted by molar-refractivity contribution is 6.55. The Hall–Kier alpha value is 0.250. The van der Waals surface area contributed by atoms with E-state index in [9.17, 15) is 4.79 Å². The van der Waals surface area contributed by atoms with Crippen molar-refractivity contribution in [1.29, 1.82) is 0 Å². The molecule has 4 saturated carbocycles. The number of rotatable bonds is 8. The minimum Gasteiger partial charge on any atom is -0.298 e. The van der Waals surface area contributed by atoms with Gasteiger partial charge in [-0.1, -0.05) is 94.8 Å². The lowest BCUT2D eigenvalue weighted by Gasteiger charge is -2.67. The van der Waals surface area contributed by atoms with E-state index in [1.807, 2.05) is 0 Å². The van der Waals surface area contributed by atoms with Crippen molar-refractivity contribution in [3.8, 4) is 0 Å². The molecule has 0 saturated heterocycles. The minimum absolute atomic E-state index is 0.429. The molecule has 0 atom stereocenters. The van der Waals surface area contributed by atoms with Gasteiger partial charge in [0.1, 0.15) is 4.33 Å². The molecule has 0 amide bonds. The molecule has 3 heteroatoms. The molecule has 2 spiro atoms. The van der Waals surface area contributed by atoms with Gasteiger partial charge >= 0.3 is 0 Å². The lowest BCUT2D eigenvalue weighted by atomic mass is 9.42. The summed E-state index contributed by atoms with van der Waals surface area (Å²) in [5.74, 6) is 3.90. The highest BCUT2D eigenvalue weighted by Gasteiger charge is 2.79. The van der Waals surface area contributed by atoms with E-state index in [0.717, 1.165) is 62.2 Å². The lowest BCUT2D eigenvalue weighted by Crippen LogP contribution is -2.74. The van der Waals surface area contributed by atoms with Crippen LogP contribution < -0.4 is 0 Å². The molecule has 4 aliphatic carbocycles. The van der Waals surface area contributed by atoms with E-state index in [2.05, 4.69) is 13.8 Å². The summed E-state index contributed by atoms with van der Waals surface area (Å²) < 4.78 is -0.825. The van der Waals surface area contributed by atoms with Crippen molar-refractivity contribution in [1.82, 2.24) is 0 Å². The smallest absolute Gasteiger partial charge is 0.151 e. The minimum atomic E-state index is -0.825. The number of hydrogen-bond donors (Lipinski definition) is 0. The lowest BCUT2D eigenvalue weighted by molar-refractivity contribution is -0.173. The van der Waals surface area contributed by atoms with Gasteiger partial charge in [-0.05, 0) is 87.9 Å². The van der Waals surface area contributed by atoms with E-state index in [1.54, 1.807) is 0 Å². The van der Waals surface area contributed by atoms with Crippen LogP contribution in [0.5, 0.6) is 0 Å². The van der Waals surface area contributed by atoms with Crippen molar-refractivity contribution in [2.24, 2.45) is 34.5 Å². The largest absolute Gasteiger partial charge is 0.298 e. The van der Waals surface area contributed by atoms with E-state index in [0.29, 0.717) is 5.78 Å². The average Bonchev–Trinajstić information content (AvgIpc) is 2.82. The zero-order chi connectivity index (χ0) is 22.8. The topological polar surface area (TPSA) is 17.1 Å². The first-order valence-corrected chi connectivity index (χ1v) is 15.1. The molecule has 4 rings (SSSR count). The highest BCUT2D eigenvalue weighted by Crippen LogP contribution is 2.74. The molecule has 184 valence electrons. The molecule has 4 aliphatic rings. The van der Waals surface area contributed by atoms with Crippen molar-refractivity contribution in [2.75, 3.05) is 0 Å². The standard InChI is InChI=1S/C29H48Cl2O/c1-3-5-6-7-9-23-14-18-27(19-15-23)26(32)28(29(27,30)31)20-16-25(17-21-28)24-12-10-22(8-4-2)11-13-24/h22-25H,3-21H2,1-2H3. The van der Waals surface area contributed by atoms with Gasteiger partial charge in [-0.25, -0.2) is 0 Å². The maximum absolute atomic E-state index is 13.8. The number of halogens is 2. The molecule has 0 N–H and O–H groups in total. The van der Waals surface area contributed by atoms with Crippen LogP contribution in [0.25, 0.3) is 0 Å². The van der Waals surface area contributed by atoms with Crippen LogP contribution in [0.3, 0.4) is 0 Å².